The van der Waals surface area contributed by atoms with Crippen molar-refractivity contribution in [1.82, 2.24) is 15.3 Å². The Morgan fingerprint density at radius 2 is 1.74 bits per heavy atom. The molecule has 0 radical (unpaired) electrons. The molecule has 1 N–H and O–H groups in total. The van der Waals surface area contributed by atoms with E-state index >= 15 is 0 Å². The van der Waals surface area contributed by atoms with Gasteiger partial charge in [-0.25, -0.2) is 14.8 Å². The van der Waals surface area contributed by atoms with Gasteiger partial charge in [0.05, 0.1) is 34.6 Å². The molecular weight excluding hydrogens is 350 g/mol. The highest BCUT2D eigenvalue weighted by atomic mass is 16.5. The molecule has 0 atom stereocenters. The zero-order valence-electron chi connectivity index (χ0n) is 15.7. The van der Waals surface area contributed by atoms with Crippen molar-refractivity contribution in [2.75, 3.05) is 19.8 Å². The number of hydrogen-bond acceptors (Lipinski definition) is 7. The van der Waals surface area contributed by atoms with E-state index in [0.29, 0.717) is 36.2 Å². The van der Waals surface area contributed by atoms with Crippen LogP contribution in [0.25, 0.3) is 11.0 Å². The molecule has 0 aliphatic heterocycles. The Hall–Kier alpha value is -3.03. The van der Waals surface area contributed by atoms with Gasteiger partial charge in [0.2, 0.25) is 0 Å². The van der Waals surface area contributed by atoms with Gasteiger partial charge in [-0.3, -0.25) is 9.59 Å². The molecule has 0 unspecified atom stereocenters. The van der Waals surface area contributed by atoms with Crippen molar-refractivity contribution < 1.29 is 23.9 Å². The zero-order chi connectivity index (χ0) is 19.8. The fourth-order valence-corrected chi connectivity index (χ4v) is 2.32. The number of nitrogens with zero attached hydrogens (tertiary/aromatic N) is 2. The number of benzene rings is 1. The number of fused-ring (bicyclic) bond motifs is 1. The first-order valence-corrected chi connectivity index (χ1v) is 8.75. The summed E-state index contributed by atoms with van der Waals surface area (Å²) in [5.41, 5.74) is 3.20. The van der Waals surface area contributed by atoms with Gasteiger partial charge in [-0.05, 0) is 45.4 Å². The molecule has 0 fully saturated rings. The Balaban J connectivity index is 1.81. The molecule has 0 aliphatic carbocycles. The maximum Gasteiger partial charge on any atom is 0.338 e. The van der Waals surface area contributed by atoms with E-state index in [2.05, 4.69) is 15.3 Å². The molecule has 27 heavy (non-hydrogen) atoms. The average molecular weight is 373 g/mol. The predicted molar refractivity (Wildman–Crippen MR) is 98.2 cm³/mol. The van der Waals surface area contributed by atoms with Crippen LogP contribution in [0, 0.1) is 13.8 Å². The number of amides is 1. The van der Waals surface area contributed by atoms with Crippen LogP contribution in [0.2, 0.25) is 0 Å². The molecule has 8 heteroatoms. The molecule has 1 aromatic heterocycles. The minimum Gasteiger partial charge on any atom is -0.466 e. The summed E-state index contributed by atoms with van der Waals surface area (Å²) in [5.74, 6) is -1.35. The topological polar surface area (TPSA) is 107 Å². The van der Waals surface area contributed by atoms with Crippen molar-refractivity contribution in [3.05, 3.63) is 35.2 Å². The first-order valence-electron chi connectivity index (χ1n) is 8.75. The van der Waals surface area contributed by atoms with Gasteiger partial charge in [-0.15, -0.1) is 0 Å². The van der Waals surface area contributed by atoms with Crippen molar-refractivity contribution in [2.45, 2.75) is 33.6 Å². The minimum atomic E-state index is -0.612. The summed E-state index contributed by atoms with van der Waals surface area (Å²) in [6.45, 7) is 5.70. The number of carbonyl (C=O) groups is 3. The maximum absolute atomic E-state index is 12.1. The van der Waals surface area contributed by atoms with Crippen molar-refractivity contribution in [3.63, 3.8) is 0 Å². The molecule has 0 bridgehead atoms. The lowest BCUT2D eigenvalue weighted by molar-refractivity contribution is -0.143. The SMILES string of the molecule is CCOC(=O)CCCNC(=O)COC(=O)c1ccc2nc(C)c(C)nc2c1. The largest absolute Gasteiger partial charge is 0.466 e. The van der Waals surface area contributed by atoms with Gasteiger partial charge in [-0.2, -0.15) is 0 Å². The van der Waals surface area contributed by atoms with Gasteiger partial charge in [0.1, 0.15) is 0 Å². The molecule has 0 saturated carbocycles. The third kappa shape index (κ3) is 6.02. The third-order valence-electron chi connectivity index (χ3n) is 3.83. The number of aromatic nitrogens is 2. The Morgan fingerprint density at radius 1 is 1.04 bits per heavy atom. The smallest absolute Gasteiger partial charge is 0.338 e. The number of carbonyl (C=O) groups excluding carboxylic acids is 3. The number of nitrogens with one attached hydrogen (secondary N) is 1. The van der Waals surface area contributed by atoms with Crippen molar-refractivity contribution in [3.8, 4) is 0 Å². The number of ether oxygens (including phenoxy) is 2. The first kappa shape index (κ1) is 20.3. The molecule has 1 heterocycles. The average Bonchev–Trinajstić information content (AvgIpc) is 2.64. The van der Waals surface area contributed by atoms with Crippen LogP contribution in [-0.2, 0) is 19.1 Å². The Kier molecular flexibility index (Phi) is 7.22. The van der Waals surface area contributed by atoms with Crippen LogP contribution in [0.1, 0.15) is 41.5 Å². The Bertz CT molecular complexity index is 851. The van der Waals surface area contributed by atoms with Gasteiger partial charge in [0.15, 0.2) is 6.61 Å². The molecule has 8 nitrogen and oxygen atoms in total. The van der Waals surface area contributed by atoms with Crippen LogP contribution in [-0.4, -0.2) is 47.6 Å². The van der Waals surface area contributed by atoms with E-state index in [4.69, 9.17) is 9.47 Å². The number of esters is 2. The maximum atomic E-state index is 12.1. The monoisotopic (exact) mass is 373 g/mol. The van der Waals surface area contributed by atoms with Crippen molar-refractivity contribution >= 4 is 28.9 Å². The van der Waals surface area contributed by atoms with Crippen LogP contribution in [0.5, 0.6) is 0 Å². The fraction of sp³-hybridized carbons (Fsp3) is 0.421. The highest BCUT2D eigenvalue weighted by molar-refractivity contribution is 5.94. The lowest BCUT2D eigenvalue weighted by Crippen LogP contribution is -2.30. The summed E-state index contributed by atoms with van der Waals surface area (Å²) >= 11 is 0. The standard InChI is InChI=1S/C19H23N3O5/c1-4-26-18(24)6-5-9-20-17(23)11-27-19(25)14-7-8-15-16(10-14)22-13(3)12(2)21-15/h7-8,10H,4-6,9,11H2,1-3H3,(H,20,23). The number of aryl methyl sites for hydroxylation is 2. The van der Waals surface area contributed by atoms with Crippen LogP contribution in [0.4, 0.5) is 0 Å². The number of hydrogen-bond donors (Lipinski definition) is 1. The fourth-order valence-electron chi connectivity index (χ4n) is 2.32. The van der Waals surface area contributed by atoms with E-state index in [1.165, 1.54) is 0 Å². The third-order valence-corrected chi connectivity index (χ3v) is 3.83. The second-order valence-corrected chi connectivity index (χ2v) is 5.93. The summed E-state index contributed by atoms with van der Waals surface area (Å²) in [4.78, 5) is 43.8. The van der Waals surface area contributed by atoms with Crippen LogP contribution < -0.4 is 5.32 Å². The molecule has 2 rings (SSSR count). The van der Waals surface area contributed by atoms with Gasteiger partial charge in [0, 0.05) is 13.0 Å². The van der Waals surface area contributed by atoms with Gasteiger partial charge < -0.3 is 14.8 Å². The van der Waals surface area contributed by atoms with Gasteiger partial charge in [-0.1, -0.05) is 0 Å². The van der Waals surface area contributed by atoms with Crippen LogP contribution in [0.3, 0.4) is 0 Å². The van der Waals surface area contributed by atoms with Crippen molar-refractivity contribution in [2.24, 2.45) is 0 Å². The lowest BCUT2D eigenvalue weighted by atomic mass is 10.2. The quantitative estimate of drug-likeness (QED) is 0.556. The molecule has 0 aliphatic rings. The molecule has 2 aromatic rings. The lowest BCUT2D eigenvalue weighted by Gasteiger charge is -2.07. The van der Waals surface area contributed by atoms with E-state index in [1.54, 1.807) is 25.1 Å². The summed E-state index contributed by atoms with van der Waals surface area (Å²) in [6.07, 6.45) is 0.686. The van der Waals surface area contributed by atoms with E-state index in [9.17, 15) is 14.4 Å². The van der Waals surface area contributed by atoms with Crippen LogP contribution in [0.15, 0.2) is 18.2 Å². The number of rotatable bonds is 8. The van der Waals surface area contributed by atoms with E-state index in [0.717, 1.165) is 11.4 Å². The summed E-state index contributed by atoms with van der Waals surface area (Å²) in [7, 11) is 0. The predicted octanol–water partition coefficient (Wildman–Crippen LogP) is 1.86. The normalized spacial score (nSPS) is 10.5. The Labute approximate surface area is 157 Å². The van der Waals surface area contributed by atoms with Gasteiger partial charge in [0.25, 0.3) is 5.91 Å². The minimum absolute atomic E-state index is 0.227. The van der Waals surface area contributed by atoms with Crippen molar-refractivity contribution in [1.29, 1.82) is 0 Å². The summed E-state index contributed by atoms with van der Waals surface area (Å²) < 4.78 is 9.81. The zero-order valence-corrected chi connectivity index (χ0v) is 15.7. The Morgan fingerprint density at radius 3 is 2.44 bits per heavy atom. The van der Waals surface area contributed by atoms with Gasteiger partial charge >= 0.3 is 11.9 Å². The second kappa shape index (κ2) is 9.61. The summed E-state index contributed by atoms with van der Waals surface area (Å²) in [5, 5.41) is 2.58. The second-order valence-electron chi connectivity index (χ2n) is 5.93. The van der Waals surface area contributed by atoms with Crippen LogP contribution >= 0.6 is 0 Å². The first-order chi connectivity index (χ1) is 12.9. The summed E-state index contributed by atoms with van der Waals surface area (Å²) in [6, 6.07) is 4.88. The van der Waals surface area contributed by atoms with E-state index in [1.807, 2.05) is 13.8 Å². The van der Waals surface area contributed by atoms with E-state index in [-0.39, 0.29) is 12.4 Å². The molecule has 1 amide bonds. The molecule has 1 aromatic carbocycles. The molecule has 0 spiro atoms. The molecule has 0 saturated heterocycles. The molecule has 144 valence electrons. The van der Waals surface area contributed by atoms with E-state index < -0.39 is 18.5 Å². The highest BCUT2D eigenvalue weighted by Crippen LogP contribution is 2.15. The highest BCUT2D eigenvalue weighted by Gasteiger charge is 2.12. The molecular formula is C19H23N3O5.